The van der Waals surface area contributed by atoms with Crippen molar-refractivity contribution in [3.63, 3.8) is 0 Å². The molecule has 0 aromatic carbocycles. The van der Waals surface area contributed by atoms with E-state index >= 15 is 0 Å². The fourth-order valence-electron chi connectivity index (χ4n) is 1.33. The van der Waals surface area contributed by atoms with Gasteiger partial charge in [0.05, 0.1) is 18.9 Å². The van der Waals surface area contributed by atoms with Crippen LogP contribution in [0.1, 0.15) is 24.9 Å². The molecule has 1 atom stereocenters. The number of nitriles is 1. The third-order valence-corrected chi connectivity index (χ3v) is 2.03. The number of nitrogens with zero attached hydrogens (tertiary/aromatic N) is 3. The number of rotatable bonds is 6. The number of aromatic nitrogens is 2. The van der Waals surface area contributed by atoms with Gasteiger partial charge in [-0.3, -0.25) is 10.00 Å². The normalized spacial score (nSPS) is 12.3. The number of aliphatic hydroxyl groups excluding tert-OH is 1. The molecule has 0 fully saturated rings. The average Bonchev–Trinajstić information content (AvgIpc) is 2.68. The van der Waals surface area contributed by atoms with Crippen molar-refractivity contribution in [3.8, 4) is 6.07 Å². The van der Waals surface area contributed by atoms with Gasteiger partial charge in [-0.2, -0.15) is 10.4 Å². The van der Waals surface area contributed by atoms with E-state index in [4.69, 9.17) is 10.4 Å². The first kappa shape index (κ1) is 11.7. The molecule has 0 aliphatic heterocycles. The van der Waals surface area contributed by atoms with E-state index in [0.717, 1.165) is 18.5 Å². The smallest absolute Gasteiger partial charge is 0.124 e. The van der Waals surface area contributed by atoms with Gasteiger partial charge >= 0.3 is 0 Å². The maximum atomic E-state index is 8.91. The van der Waals surface area contributed by atoms with Crippen molar-refractivity contribution in [2.45, 2.75) is 25.9 Å². The second kappa shape index (κ2) is 6.17. The fourth-order valence-corrected chi connectivity index (χ4v) is 1.33. The third-order valence-electron chi connectivity index (χ3n) is 2.03. The standard InChI is InChI=1S/C10H16N4O/c1-2-4-14-8-9(7-13-14)10(6-11)12-3-5-15/h7-8,10,12,15H,2-5H2,1H3. The van der Waals surface area contributed by atoms with Gasteiger partial charge in [0.1, 0.15) is 6.04 Å². The number of hydrogen-bond donors (Lipinski definition) is 2. The molecular formula is C10H16N4O. The predicted octanol–water partition coefficient (Wildman–Crippen LogP) is 0.440. The summed E-state index contributed by atoms with van der Waals surface area (Å²) < 4.78 is 1.82. The highest BCUT2D eigenvalue weighted by Crippen LogP contribution is 2.10. The number of nitrogens with one attached hydrogen (secondary N) is 1. The molecule has 0 aliphatic rings. The SMILES string of the molecule is CCCn1cc(C(C#N)NCCO)cn1. The summed E-state index contributed by atoms with van der Waals surface area (Å²) in [5.74, 6) is 0. The molecule has 2 N–H and O–H groups in total. The second-order valence-corrected chi connectivity index (χ2v) is 3.28. The van der Waals surface area contributed by atoms with Gasteiger partial charge in [-0.25, -0.2) is 0 Å². The molecule has 5 nitrogen and oxygen atoms in total. The van der Waals surface area contributed by atoms with Crippen LogP contribution in [0.3, 0.4) is 0 Å². The number of aryl methyl sites for hydroxylation is 1. The Hall–Kier alpha value is -1.38. The molecule has 5 heteroatoms. The van der Waals surface area contributed by atoms with Crippen LogP contribution >= 0.6 is 0 Å². The lowest BCUT2D eigenvalue weighted by Crippen LogP contribution is -2.22. The highest BCUT2D eigenvalue weighted by atomic mass is 16.3. The first-order valence-electron chi connectivity index (χ1n) is 5.08. The van der Waals surface area contributed by atoms with E-state index in [1.807, 2.05) is 10.9 Å². The van der Waals surface area contributed by atoms with Gasteiger partial charge < -0.3 is 5.11 Å². The maximum absolute atomic E-state index is 8.91. The predicted molar refractivity (Wildman–Crippen MR) is 56.0 cm³/mol. The van der Waals surface area contributed by atoms with Gasteiger partial charge in [0.25, 0.3) is 0 Å². The summed E-state index contributed by atoms with van der Waals surface area (Å²) >= 11 is 0. The molecule has 1 unspecified atom stereocenters. The van der Waals surface area contributed by atoms with Crippen molar-refractivity contribution in [1.82, 2.24) is 15.1 Å². The Morgan fingerprint density at radius 3 is 3.13 bits per heavy atom. The minimum atomic E-state index is -0.386. The summed E-state index contributed by atoms with van der Waals surface area (Å²) in [6.07, 6.45) is 4.57. The first-order valence-corrected chi connectivity index (χ1v) is 5.08. The summed E-state index contributed by atoms with van der Waals surface area (Å²) in [6.45, 7) is 3.38. The van der Waals surface area contributed by atoms with Crippen molar-refractivity contribution >= 4 is 0 Å². The van der Waals surface area contributed by atoms with Crippen molar-refractivity contribution in [2.24, 2.45) is 0 Å². The van der Waals surface area contributed by atoms with Crippen LogP contribution in [0, 0.1) is 11.3 Å². The van der Waals surface area contributed by atoms with Crippen LogP contribution in [0.15, 0.2) is 12.4 Å². The molecule has 1 aromatic heterocycles. The Morgan fingerprint density at radius 1 is 1.73 bits per heavy atom. The first-order chi connectivity index (χ1) is 7.31. The fraction of sp³-hybridized carbons (Fsp3) is 0.600. The number of hydrogen-bond acceptors (Lipinski definition) is 4. The van der Waals surface area contributed by atoms with Gasteiger partial charge in [-0.1, -0.05) is 6.92 Å². The zero-order chi connectivity index (χ0) is 11.1. The Morgan fingerprint density at radius 2 is 2.53 bits per heavy atom. The van der Waals surface area contributed by atoms with Crippen LogP contribution in [0.2, 0.25) is 0 Å². The van der Waals surface area contributed by atoms with Gasteiger partial charge in [-0.15, -0.1) is 0 Å². The molecule has 0 aliphatic carbocycles. The lowest BCUT2D eigenvalue weighted by atomic mass is 10.2. The molecule has 0 amide bonds. The van der Waals surface area contributed by atoms with Crippen LogP contribution in [0.5, 0.6) is 0 Å². The largest absolute Gasteiger partial charge is 0.395 e. The average molecular weight is 208 g/mol. The van der Waals surface area contributed by atoms with Gasteiger partial charge in [-0.05, 0) is 6.42 Å². The van der Waals surface area contributed by atoms with E-state index in [9.17, 15) is 0 Å². The molecule has 0 radical (unpaired) electrons. The molecule has 1 heterocycles. The Bertz CT molecular complexity index is 328. The van der Waals surface area contributed by atoms with E-state index in [1.54, 1.807) is 6.20 Å². The lowest BCUT2D eigenvalue weighted by molar-refractivity contribution is 0.289. The highest BCUT2D eigenvalue weighted by molar-refractivity contribution is 5.17. The third kappa shape index (κ3) is 3.35. The van der Waals surface area contributed by atoms with Crippen LogP contribution < -0.4 is 5.32 Å². The van der Waals surface area contributed by atoms with E-state index in [1.165, 1.54) is 0 Å². The second-order valence-electron chi connectivity index (χ2n) is 3.28. The van der Waals surface area contributed by atoms with E-state index in [2.05, 4.69) is 23.4 Å². The van der Waals surface area contributed by atoms with Gasteiger partial charge in [0, 0.05) is 24.8 Å². The molecule has 15 heavy (non-hydrogen) atoms. The summed E-state index contributed by atoms with van der Waals surface area (Å²) in [4.78, 5) is 0. The van der Waals surface area contributed by atoms with Crippen molar-refractivity contribution in [2.75, 3.05) is 13.2 Å². The highest BCUT2D eigenvalue weighted by Gasteiger charge is 2.11. The molecule has 0 saturated carbocycles. The van der Waals surface area contributed by atoms with Crippen LogP contribution in [-0.2, 0) is 6.54 Å². The molecule has 0 bridgehead atoms. The van der Waals surface area contributed by atoms with E-state index in [-0.39, 0.29) is 12.6 Å². The minimum Gasteiger partial charge on any atom is -0.395 e. The summed E-state index contributed by atoms with van der Waals surface area (Å²) in [7, 11) is 0. The quantitative estimate of drug-likeness (QED) is 0.711. The Balaban J connectivity index is 2.62. The monoisotopic (exact) mass is 208 g/mol. The topological polar surface area (TPSA) is 73.9 Å². The maximum Gasteiger partial charge on any atom is 0.124 e. The van der Waals surface area contributed by atoms with Crippen molar-refractivity contribution in [1.29, 1.82) is 5.26 Å². The summed E-state index contributed by atoms with van der Waals surface area (Å²) in [5.41, 5.74) is 0.847. The lowest BCUT2D eigenvalue weighted by Gasteiger charge is -2.07. The van der Waals surface area contributed by atoms with Gasteiger partial charge in [0.2, 0.25) is 0 Å². The molecular weight excluding hydrogens is 192 g/mol. The van der Waals surface area contributed by atoms with Crippen LogP contribution in [0.25, 0.3) is 0 Å². The molecule has 82 valence electrons. The minimum absolute atomic E-state index is 0.0290. The van der Waals surface area contributed by atoms with E-state index < -0.39 is 0 Å². The van der Waals surface area contributed by atoms with Crippen molar-refractivity contribution in [3.05, 3.63) is 18.0 Å². The molecule has 1 rings (SSSR count). The van der Waals surface area contributed by atoms with E-state index in [0.29, 0.717) is 6.54 Å². The summed E-state index contributed by atoms with van der Waals surface area (Å²) in [6, 6.07) is 1.75. The number of aliphatic hydroxyl groups is 1. The molecule has 0 saturated heterocycles. The summed E-state index contributed by atoms with van der Waals surface area (Å²) in [5, 5.41) is 24.6. The Labute approximate surface area is 89.3 Å². The zero-order valence-electron chi connectivity index (χ0n) is 8.85. The van der Waals surface area contributed by atoms with Gasteiger partial charge in [0.15, 0.2) is 0 Å². The Kier molecular flexibility index (Phi) is 4.81. The molecule has 1 aromatic rings. The van der Waals surface area contributed by atoms with Crippen LogP contribution in [0.4, 0.5) is 0 Å². The molecule has 0 spiro atoms. The van der Waals surface area contributed by atoms with Crippen molar-refractivity contribution < 1.29 is 5.11 Å². The zero-order valence-corrected chi connectivity index (χ0v) is 8.85. The van der Waals surface area contributed by atoms with Crippen LogP contribution in [-0.4, -0.2) is 28.0 Å².